The van der Waals surface area contributed by atoms with E-state index in [0.29, 0.717) is 5.82 Å². The quantitative estimate of drug-likeness (QED) is 0.796. The Kier molecular flexibility index (Phi) is 2.58. The average Bonchev–Trinajstić information content (AvgIpc) is 2.65. The van der Waals surface area contributed by atoms with Gasteiger partial charge in [-0.05, 0) is 18.9 Å². The fraction of sp³-hybridized carbons (Fsp3) is 0.167. The highest BCUT2D eigenvalue weighted by atomic mass is 16.3. The SMILES string of the molecule is C=Cc1c(N=C)ccc2c1nc(CO)n2C. The first-order valence-electron chi connectivity index (χ1n) is 4.91. The predicted molar refractivity (Wildman–Crippen MR) is 65.9 cm³/mol. The molecule has 82 valence electrons. The molecule has 16 heavy (non-hydrogen) atoms. The van der Waals surface area contributed by atoms with E-state index < -0.39 is 0 Å². The van der Waals surface area contributed by atoms with Crippen molar-refractivity contribution >= 4 is 29.5 Å². The Morgan fingerprint density at radius 3 is 2.88 bits per heavy atom. The zero-order valence-electron chi connectivity index (χ0n) is 9.14. The number of benzene rings is 1. The summed E-state index contributed by atoms with van der Waals surface area (Å²) in [6, 6.07) is 3.79. The molecule has 0 saturated carbocycles. The molecular formula is C12H13N3O. The van der Waals surface area contributed by atoms with E-state index in [9.17, 15) is 0 Å². The van der Waals surface area contributed by atoms with Gasteiger partial charge in [-0.2, -0.15) is 0 Å². The smallest absolute Gasteiger partial charge is 0.135 e. The van der Waals surface area contributed by atoms with Crippen LogP contribution in [0.3, 0.4) is 0 Å². The van der Waals surface area contributed by atoms with Crippen molar-refractivity contribution in [2.75, 3.05) is 0 Å². The third kappa shape index (κ3) is 1.35. The zero-order chi connectivity index (χ0) is 11.7. The second kappa shape index (κ2) is 3.90. The maximum absolute atomic E-state index is 9.16. The van der Waals surface area contributed by atoms with Crippen molar-refractivity contribution in [2.45, 2.75) is 6.61 Å². The van der Waals surface area contributed by atoms with Crippen LogP contribution in [0.2, 0.25) is 0 Å². The van der Waals surface area contributed by atoms with Crippen LogP contribution in [-0.4, -0.2) is 21.4 Å². The molecule has 0 radical (unpaired) electrons. The molecule has 2 aromatic rings. The first-order chi connectivity index (χ1) is 7.72. The van der Waals surface area contributed by atoms with Gasteiger partial charge in [-0.3, -0.25) is 4.99 Å². The summed E-state index contributed by atoms with van der Waals surface area (Å²) in [5.74, 6) is 0.624. The van der Waals surface area contributed by atoms with Gasteiger partial charge in [-0.1, -0.05) is 12.7 Å². The van der Waals surface area contributed by atoms with Crippen LogP contribution in [0.15, 0.2) is 23.7 Å². The summed E-state index contributed by atoms with van der Waals surface area (Å²) >= 11 is 0. The maximum Gasteiger partial charge on any atom is 0.135 e. The minimum absolute atomic E-state index is 0.0847. The van der Waals surface area contributed by atoms with Crippen LogP contribution >= 0.6 is 0 Å². The summed E-state index contributed by atoms with van der Waals surface area (Å²) in [4.78, 5) is 8.29. The van der Waals surface area contributed by atoms with Gasteiger partial charge in [0.2, 0.25) is 0 Å². The molecule has 1 N–H and O–H groups in total. The summed E-state index contributed by atoms with van der Waals surface area (Å²) in [7, 11) is 1.87. The minimum atomic E-state index is -0.0847. The monoisotopic (exact) mass is 215 g/mol. The second-order valence-corrected chi connectivity index (χ2v) is 3.47. The summed E-state index contributed by atoms with van der Waals surface area (Å²) < 4.78 is 1.86. The number of hydrogen-bond donors (Lipinski definition) is 1. The van der Waals surface area contributed by atoms with Crippen LogP contribution in [0.5, 0.6) is 0 Å². The number of aromatic nitrogens is 2. The van der Waals surface area contributed by atoms with E-state index in [1.54, 1.807) is 6.08 Å². The molecule has 4 heteroatoms. The number of hydrogen-bond acceptors (Lipinski definition) is 3. The van der Waals surface area contributed by atoms with Crippen molar-refractivity contribution < 1.29 is 5.11 Å². The third-order valence-corrected chi connectivity index (χ3v) is 2.68. The fourth-order valence-corrected chi connectivity index (χ4v) is 1.80. The van der Waals surface area contributed by atoms with Crippen molar-refractivity contribution in [3.05, 3.63) is 30.1 Å². The van der Waals surface area contributed by atoms with Crippen LogP contribution in [0, 0.1) is 0 Å². The molecule has 0 amide bonds. The molecule has 1 aromatic carbocycles. The summed E-state index contributed by atoms with van der Waals surface area (Å²) in [6.45, 7) is 7.18. The first-order valence-corrected chi connectivity index (χ1v) is 4.91. The molecule has 0 spiro atoms. The highest BCUT2D eigenvalue weighted by Crippen LogP contribution is 2.28. The highest BCUT2D eigenvalue weighted by molar-refractivity contribution is 5.91. The van der Waals surface area contributed by atoms with Gasteiger partial charge in [-0.15, -0.1) is 0 Å². The molecule has 4 nitrogen and oxygen atoms in total. The summed E-state index contributed by atoms with van der Waals surface area (Å²) in [5, 5.41) is 9.16. The van der Waals surface area contributed by atoms with Crippen LogP contribution in [-0.2, 0) is 13.7 Å². The molecule has 0 aliphatic rings. The third-order valence-electron chi connectivity index (χ3n) is 2.68. The Balaban J connectivity index is 2.87. The van der Waals surface area contributed by atoms with E-state index in [0.717, 1.165) is 22.3 Å². The van der Waals surface area contributed by atoms with Crippen molar-refractivity contribution in [3.8, 4) is 0 Å². The molecule has 0 saturated heterocycles. The average molecular weight is 215 g/mol. The molecule has 1 aromatic heterocycles. The van der Waals surface area contributed by atoms with Gasteiger partial charge < -0.3 is 9.67 Å². The summed E-state index contributed by atoms with van der Waals surface area (Å²) in [5.41, 5.74) is 3.35. The van der Waals surface area contributed by atoms with Gasteiger partial charge in [0.05, 0.1) is 16.7 Å². The Hall–Kier alpha value is -1.94. The molecule has 0 bridgehead atoms. The largest absolute Gasteiger partial charge is 0.388 e. The molecular weight excluding hydrogens is 202 g/mol. The van der Waals surface area contributed by atoms with Crippen molar-refractivity contribution in [1.29, 1.82) is 0 Å². The maximum atomic E-state index is 9.16. The van der Waals surface area contributed by atoms with Gasteiger partial charge in [0.1, 0.15) is 12.4 Å². The lowest BCUT2D eigenvalue weighted by molar-refractivity contribution is 0.268. The fourth-order valence-electron chi connectivity index (χ4n) is 1.80. The Morgan fingerprint density at radius 1 is 1.56 bits per heavy atom. The van der Waals surface area contributed by atoms with Crippen molar-refractivity contribution in [3.63, 3.8) is 0 Å². The lowest BCUT2D eigenvalue weighted by atomic mass is 10.1. The molecule has 2 rings (SSSR count). The Labute approximate surface area is 93.6 Å². The van der Waals surface area contributed by atoms with Crippen LogP contribution in [0.1, 0.15) is 11.4 Å². The molecule has 0 aliphatic heterocycles. The number of rotatable bonds is 3. The zero-order valence-corrected chi connectivity index (χ0v) is 9.14. The van der Waals surface area contributed by atoms with Gasteiger partial charge in [0, 0.05) is 12.6 Å². The Bertz CT molecular complexity index is 569. The number of aliphatic hydroxyl groups is 1. The second-order valence-electron chi connectivity index (χ2n) is 3.47. The van der Waals surface area contributed by atoms with E-state index in [1.807, 2.05) is 23.7 Å². The minimum Gasteiger partial charge on any atom is -0.388 e. The van der Waals surface area contributed by atoms with Crippen LogP contribution in [0.4, 0.5) is 5.69 Å². The highest BCUT2D eigenvalue weighted by Gasteiger charge is 2.11. The van der Waals surface area contributed by atoms with Gasteiger partial charge in [0.15, 0.2) is 0 Å². The van der Waals surface area contributed by atoms with Crippen LogP contribution in [0.25, 0.3) is 17.1 Å². The van der Waals surface area contributed by atoms with E-state index in [-0.39, 0.29) is 6.61 Å². The van der Waals surface area contributed by atoms with Crippen molar-refractivity contribution in [2.24, 2.45) is 12.0 Å². The molecule has 0 aliphatic carbocycles. The predicted octanol–water partition coefficient (Wildman–Crippen LogP) is 2.04. The molecule has 0 unspecified atom stereocenters. The lowest BCUT2D eigenvalue weighted by Gasteiger charge is -2.01. The van der Waals surface area contributed by atoms with E-state index in [4.69, 9.17) is 5.11 Å². The van der Waals surface area contributed by atoms with Crippen LogP contribution < -0.4 is 0 Å². The molecule has 1 heterocycles. The van der Waals surface area contributed by atoms with Gasteiger partial charge in [0.25, 0.3) is 0 Å². The first kappa shape index (κ1) is 10.6. The lowest BCUT2D eigenvalue weighted by Crippen LogP contribution is -1.96. The molecule has 0 fully saturated rings. The number of imidazole rings is 1. The van der Waals surface area contributed by atoms with Crippen molar-refractivity contribution in [1.82, 2.24) is 9.55 Å². The molecule has 0 atom stereocenters. The van der Waals surface area contributed by atoms with E-state index in [1.165, 1.54) is 0 Å². The number of aryl methyl sites for hydroxylation is 1. The normalized spacial score (nSPS) is 10.6. The number of fused-ring (bicyclic) bond motifs is 1. The Morgan fingerprint density at radius 2 is 2.31 bits per heavy atom. The topological polar surface area (TPSA) is 50.4 Å². The van der Waals surface area contributed by atoms with Gasteiger partial charge >= 0.3 is 0 Å². The summed E-state index contributed by atoms with van der Waals surface area (Å²) in [6.07, 6.45) is 1.71. The standard InChI is InChI=1S/C12H13N3O/c1-4-8-9(13-2)5-6-10-12(8)14-11(7-16)15(10)3/h4-6,16H,1-2,7H2,3H3. The number of aliphatic imine (C=N–C) groups is 1. The number of nitrogens with zero attached hydrogens (tertiary/aromatic N) is 3. The van der Waals surface area contributed by atoms with E-state index in [2.05, 4.69) is 23.3 Å². The van der Waals surface area contributed by atoms with Gasteiger partial charge in [-0.25, -0.2) is 4.98 Å². The van der Waals surface area contributed by atoms with E-state index >= 15 is 0 Å². The number of aliphatic hydroxyl groups excluding tert-OH is 1.